The van der Waals surface area contributed by atoms with E-state index in [1.165, 1.54) is 6.42 Å². The molecule has 4 nitrogen and oxygen atoms in total. The predicted octanol–water partition coefficient (Wildman–Crippen LogP) is 2.44. The molecule has 3 rings (SSSR count). The van der Waals surface area contributed by atoms with E-state index in [1.54, 1.807) is 0 Å². The summed E-state index contributed by atoms with van der Waals surface area (Å²) in [5.41, 5.74) is 2.16. The van der Waals surface area contributed by atoms with Gasteiger partial charge in [-0.2, -0.15) is 0 Å². The standard InChI is InChI=1S/C17H24N2O2/c1-19(2)14-5-3-13(4-6-14)16(20)18-15-7-8-17(15)9-11-21-12-10-17/h3-6,15H,7-12H2,1-2H3,(H,18,20). The fraction of sp³-hybridized carbons (Fsp3) is 0.588. The molecule has 1 spiro atoms. The average molecular weight is 288 g/mol. The van der Waals surface area contributed by atoms with E-state index in [1.807, 2.05) is 43.3 Å². The van der Waals surface area contributed by atoms with Crippen molar-refractivity contribution in [2.75, 3.05) is 32.2 Å². The minimum Gasteiger partial charge on any atom is -0.381 e. The third kappa shape index (κ3) is 2.77. The van der Waals surface area contributed by atoms with Crippen LogP contribution in [0.3, 0.4) is 0 Å². The molecule has 1 heterocycles. The van der Waals surface area contributed by atoms with Gasteiger partial charge in [0.25, 0.3) is 5.91 Å². The first kappa shape index (κ1) is 14.4. The van der Waals surface area contributed by atoms with Gasteiger partial charge in [0.15, 0.2) is 0 Å². The first-order valence-corrected chi connectivity index (χ1v) is 7.77. The molecule has 1 saturated carbocycles. The number of nitrogens with one attached hydrogen (secondary N) is 1. The van der Waals surface area contributed by atoms with Crippen molar-refractivity contribution in [2.45, 2.75) is 31.7 Å². The van der Waals surface area contributed by atoms with E-state index in [-0.39, 0.29) is 5.91 Å². The van der Waals surface area contributed by atoms with Gasteiger partial charge in [-0.1, -0.05) is 0 Å². The lowest BCUT2D eigenvalue weighted by Crippen LogP contribution is -2.57. The third-order valence-corrected chi connectivity index (χ3v) is 5.11. The Morgan fingerprint density at radius 1 is 1.19 bits per heavy atom. The lowest BCUT2D eigenvalue weighted by Gasteiger charge is -2.52. The number of ether oxygens (including phenoxy) is 1. The number of amides is 1. The number of hydrogen-bond donors (Lipinski definition) is 1. The number of hydrogen-bond acceptors (Lipinski definition) is 3. The summed E-state index contributed by atoms with van der Waals surface area (Å²) >= 11 is 0. The first-order chi connectivity index (χ1) is 10.1. The zero-order valence-corrected chi connectivity index (χ0v) is 12.9. The Kier molecular flexibility index (Phi) is 3.89. The van der Waals surface area contributed by atoms with Crippen molar-refractivity contribution in [3.63, 3.8) is 0 Å². The number of rotatable bonds is 3. The monoisotopic (exact) mass is 288 g/mol. The molecule has 114 valence electrons. The van der Waals surface area contributed by atoms with Gasteiger partial charge in [-0.05, 0) is 55.4 Å². The lowest BCUT2D eigenvalue weighted by molar-refractivity contribution is -0.0523. The van der Waals surface area contributed by atoms with Gasteiger partial charge >= 0.3 is 0 Å². The van der Waals surface area contributed by atoms with Crippen LogP contribution in [0.25, 0.3) is 0 Å². The van der Waals surface area contributed by atoms with Gasteiger partial charge in [0.1, 0.15) is 0 Å². The third-order valence-electron chi connectivity index (χ3n) is 5.11. The Bertz CT molecular complexity index is 504. The van der Waals surface area contributed by atoms with E-state index in [4.69, 9.17) is 4.74 Å². The number of benzene rings is 1. The SMILES string of the molecule is CN(C)c1ccc(C(=O)NC2CCC23CCOCC3)cc1. The van der Waals surface area contributed by atoms with Crippen molar-refractivity contribution in [3.05, 3.63) is 29.8 Å². The summed E-state index contributed by atoms with van der Waals surface area (Å²) in [6.45, 7) is 1.67. The fourth-order valence-corrected chi connectivity index (χ4v) is 3.45. The molecule has 1 N–H and O–H groups in total. The maximum absolute atomic E-state index is 12.4. The van der Waals surface area contributed by atoms with Crippen LogP contribution in [-0.4, -0.2) is 39.3 Å². The summed E-state index contributed by atoms with van der Waals surface area (Å²) < 4.78 is 5.46. The van der Waals surface area contributed by atoms with Crippen LogP contribution in [-0.2, 0) is 4.74 Å². The molecule has 1 amide bonds. The van der Waals surface area contributed by atoms with Gasteiger partial charge in [-0.15, -0.1) is 0 Å². The second-order valence-electron chi connectivity index (χ2n) is 6.48. The van der Waals surface area contributed by atoms with Gasteiger partial charge in [-0.25, -0.2) is 0 Å². The van der Waals surface area contributed by atoms with Crippen molar-refractivity contribution in [1.82, 2.24) is 5.32 Å². The van der Waals surface area contributed by atoms with Crippen LogP contribution >= 0.6 is 0 Å². The van der Waals surface area contributed by atoms with E-state index in [2.05, 4.69) is 5.32 Å². The highest BCUT2D eigenvalue weighted by molar-refractivity contribution is 5.94. The second kappa shape index (κ2) is 5.68. The summed E-state index contributed by atoms with van der Waals surface area (Å²) in [6.07, 6.45) is 4.48. The van der Waals surface area contributed by atoms with Crippen molar-refractivity contribution in [3.8, 4) is 0 Å². The Hall–Kier alpha value is -1.55. The van der Waals surface area contributed by atoms with Gasteiger partial charge in [-0.3, -0.25) is 4.79 Å². The van der Waals surface area contributed by atoms with Crippen molar-refractivity contribution >= 4 is 11.6 Å². The van der Waals surface area contributed by atoms with Crippen molar-refractivity contribution in [1.29, 1.82) is 0 Å². The van der Waals surface area contributed by atoms with Crippen LogP contribution in [0.15, 0.2) is 24.3 Å². The molecule has 2 fully saturated rings. The van der Waals surface area contributed by atoms with Gasteiger partial charge in [0.05, 0.1) is 0 Å². The Morgan fingerprint density at radius 2 is 1.86 bits per heavy atom. The number of carbonyl (C=O) groups is 1. The van der Waals surface area contributed by atoms with Gasteiger partial charge in [0, 0.05) is 44.6 Å². The van der Waals surface area contributed by atoms with Crippen LogP contribution in [0, 0.1) is 5.41 Å². The summed E-state index contributed by atoms with van der Waals surface area (Å²) in [5.74, 6) is 0.0517. The van der Waals surface area contributed by atoms with E-state index in [9.17, 15) is 4.79 Å². The molecule has 4 heteroatoms. The molecule has 1 aliphatic carbocycles. The molecular formula is C17H24N2O2. The predicted molar refractivity (Wildman–Crippen MR) is 83.7 cm³/mol. The number of anilines is 1. The smallest absolute Gasteiger partial charge is 0.251 e. The van der Waals surface area contributed by atoms with Crippen molar-refractivity contribution in [2.24, 2.45) is 5.41 Å². The first-order valence-electron chi connectivity index (χ1n) is 7.77. The molecule has 1 saturated heterocycles. The maximum Gasteiger partial charge on any atom is 0.251 e. The topological polar surface area (TPSA) is 41.6 Å². The molecule has 0 aromatic heterocycles. The van der Waals surface area contributed by atoms with Crippen LogP contribution in [0.5, 0.6) is 0 Å². The molecule has 1 aromatic carbocycles. The van der Waals surface area contributed by atoms with Crippen LogP contribution in [0.2, 0.25) is 0 Å². The lowest BCUT2D eigenvalue weighted by atomic mass is 9.60. The summed E-state index contributed by atoms with van der Waals surface area (Å²) in [5, 5.41) is 3.23. The Morgan fingerprint density at radius 3 is 2.38 bits per heavy atom. The van der Waals surface area contributed by atoms with E-state index in [0.29, 0.717) is 11.5 Å². The van der Waals surface area contributed by atoms with Crippen LogP contribution in [0.4, 0.5) is 5.69 Å². The Balaban J connectivity index is 1.63. The molecule has 1 aliphatic heterocycles. The van der Waals surface area contributed by atoms with Gasteiger partial charge < -0.3 is 15.0 Å². The van der Waals surface area contributed by atoms with Crippen molar-refractivity contribution < 1.29 is 9.53 Å². The van der Waals surface area contributed by atoms with Gasteiger partial charge in [0.2, 0.25) is 0 Å². The average Bonchev–Trinajstić information content (AvgIpc) is 2.52. The highest BCUT2D eigenvalue weighted by Crippen LogP contribution is 2.48. The quantitative estimate of drug-likeness (QED) is 0.929. The highest BCUT2D eigenvalue weighted by atomic mass is 16.5. The number of carbonyl (C=O) groups excluding carboxylic acids is 1. The van der Waals surface area contributed by atoms with E-state index < -0.39 is 0 Å². The molecule has 0 bridgehead atoms. The molecule has 1 aromatic rings. The van der Waals surface area contributed by atoms with E-state index in [0.717, 1.165) is 43.7 Å². The molecule has 1 atom stereocenters. The molecule has 0 radical (unpaired) electrons. The van der Waals surface area contributed by atoms with E-state index >= 15 is 0 Å². The van der Waals surface area contributed by atoms with Crippen LogP contribution < -0.4 is 10.2 Å². The Labute approximate surface area is 126 Å². The fourth-order valence-electron chi connectivity index (χ4n) is 3.45. The molecule has 1 unspecified atom stereocenters. The summed E-state index contributed by atoms with van der Waals surface area (Å²) in [6, 6.07) is 8.10. The highest BCUT2D eigenvalue weighted by Gasteiger charge is 2.47. The zero-order chi connectivity index (χ0) is 14.9. The molecular weight excluding hydrogens is 264 g/mol. The maximum atomic E-state index is 12.4. The molecule has 21 heavy (non-hydrogen) atoms. The zero-order valence-electron chi connectivity index (χ0n) is 12.9. The second-order valence-corrected chi connectivity index (χ2v) is 6.48. The number of nitrogens with zero attached hydrogens (tertiary/aromatic N) is 1. The van der Waals surface area contributed by atoms with Crippen LogP contribution in [0.1, 0.15) is 36.0 Å². The minimum atomic E-state index is 0.0517. The summed E-state index contributed by atoms with van der Waals surface area (Å²) in [4.78, 5) is 14.4. The normalized spacial score (nSPS) is 23.4. The molecule has 2 aliphatic rings. The largest absolute Gasteiger partial charge is 0.381 e. The minimum absolute atomic E-state index is 0.0517. The summed E-state index contributed by atoms with van der Waals surface area (Å²) in [7, 11) is 4.00.